The molecule has 0 saturated heterocycles. The van der Waals surface area contributed by atoms with Gasteiger partial charge in [0.25, 0.3) is 5.91 Å². The largest absolute Gasteiger partial charge is 0.481 e. The molecule has 1 aromatic rings. The van der Waals surface area contributed by atoms with Crippen molar-refractivity contribution < 1.29 is 14.7 Å². The number of benzene rings is 1. The molecule has 2 rings (SSSR count). The Morgan fingerprint density at radius 3 is 2.71 bits per heavy atom. The van der Waals surface area contributed by atoms with E-state index in [-0.39, 0.29) is 11.9 Å². The van der Waals surface area contributed by atoms with Gasteiger partial charge in [-0.1, -0.05) is 24.4 Å². The summed E-state index contributed by atoms with van der Waals surface area (Å²) in [4.78, 5) is 23.9. The summed E-state index contributed by atoms with van der Waals surface area (Å²) in [6, 6.07) is 4.72. The molecule has 0 spiro atoms. The number of hydrogen-bond donors (Lipinski definition) is 2. The number of rotatable bonds is 3. The molecule has 0 radical (unpaired) electrons. The highest BCUT2D eigenvalue weighted by Crippen LogP contribution is 2.36. The number of nitrogens with one attached hydrogen (secondary N) is 1. The summed E-state index contributed by atoms with van der Waals surface area (Å²) in [5.41, 5.74) is 0.444. The third-order valence-electron chi connectivity index (χ3n) is 4.42. The van der Waals surface area contributed by atoms with Crippen molar-refractivity contribution in [3.05, 3.63) is 34.3 Å². The molecule has 2 N–H and O–H groups in total. The maximum Gasteiger partial charge on any atom is 0.311 e. The van der Waals surface area contributed by atoms with Gasteiger partial charge in [0.2, 0.25) is 0 Å². The van der Waals surface area contributed by atoms with Gasteiger partial charge in [-0.15, -0.1) is 0 Å². The predicted molar refractivity (Wildman–Crippen MR) is 81.7 cm³/mol. The van der Waals surface area contributed by atoms with Gasteiger partial charge in [0.05, 0.1) is 5.41 Å². The number of aryl methyl sites for hydroxylation is 1. The number of aliphatic carboxylic acids is 1. The number of carbonyl (C=O) groups excluding carboxylic acids is 1. The van der Waals surface area contributed by atoms with Crippen LogP contribution >= 0.6 is 11.6 Å². The fourth-order valence-corrected chi connectivity index (χ4v) is 2.97. The van der Waals surface area contributed by atoms with Crippen molar-refractivity contribution in [1.82, 2.24) is 5.32 Å². The molecular weight excluding hydrogens is 290 g/mol. The number of carbonyl (C=O) groups is 2. The Morgan fingerprint density at radius 2 is 2.10 bits per heavy atom. The van der Waals surface area contributed by atoms with Crippen LogP contribution in [0.1, 0.15) is 48.5 Å². The van der Waals surface area contributed by atoms with Crippen LogP contribution in [0.15, 0.2) is 18.2 Å². The van der Waals surface area contributed by atoms with E-state index in [1.54, 1.807) is 25.1 Å². The van der Waals surface area contributed by atoms with Crippen molar-refractivity contribution >= 4 is 23.5 Å². The molecule has 1 aliphatic carbocycles. The van der Waals surface area contributed by atoms with Crippen molar-refractivity contribution in [3.8, 4) is 0 Å². The summed E-state index contributed by atoms with van der Waals surface area (Å²) in [5.74, 6) is -1.09. The Hall–Kier alpha value is -1.55. The van der Waals surface area contributed by atoms with E-state index >= 15 is 0 Å². The minimum Gasteiger partial charge on any atom is -0.481 e. The minimum absolute atomic E-state index is 0.242. The van der Waals surface area contributed by atoms with Crippen LogP contribution in [0.4, 0.5) is 0 Å². The summed E-state index contributed by atoms with van der Waals surface area (Å²) in [6.07, 6.45) is 3.11. The maximum atomic E-state index is 12.3. The SMILES string of the molecule is Cc1cc(C(=O)NC2CCCCC2(C)C(=O)O)ccc1Cl. The van der Waals surface area contributed by atoms with E-state index in [4.69, 9.17) is 11.6 Å². The van der Waals surface area contributed by atoms with Crippen molar-refractivity contribution in [2.75, 3.05) is 0 Å². The fourth-order valence-electron chi connectivity index (χ4n) is 2.85. The summed E-state index contributed by atoms with van der Waals surface area (Å²) < 4.78 is 0. The molecule has 1 fully saturated rings. The topological polar surface area (TPSA) is 66.4 Å². The van der Waals surface area contributed by atoms with Crippen LogP contribution in [0.25, 0.3) is 0 Å². The lowest BCUT2D eigenvalue weighted by Crippen LogP contribution is -2.52. The summed E-state index contributed by atoms with van der Waals surface area (Å²) in [6.45, 7) is 3.55. The second-order valence-electron chi connectivity index (χ2n) is 5.96. The fraction of sp³-hybridized carbons (Fsp3) is 0.500. The molecule has 1 saturated carbocycles. The van der Waals surface area contributed by atoms with Crippen LogP contribution in [0.2, 0.25) is 5.02 Å². The van der Waals surface area contributed by atoms with Crippen LogP contribution in [-0.4, -0.2) is 23.0 Å². The summed E-state index contributed by atoms with van der Waals surface area (Å²) >= 11 is 5.95. The first-order valence-electron chi connectivity index (χ1n) is 7.15. The Labute approximate surface area is 129 Å². The number of hydrogen-bond acceptors (Lipinski definition) is 2. The Morgan fingerprint density at radius 1 is 1.38 bits per heavy atom. The van der Waals surface area contributed by atoms with E-state index < -0.39 is 11.4 Å². The average Bonchev–Trinajstić information content (AvgIpc) is 2.44. The molecule has 0 bridgehead atoms. The van der Waals surface area contributed by atoms with E-state index in [1.807, 2.05) is 6.92 Å². The average molecular weight is 310 g/mol. The molecule has 5 heteroatoms. The van der Waals surface area contributed by atoms with Crippen LogP contribution < -0.4 is 5.32 Å². The monoisotopic (exact) mass is 309 g/mol. The molecule has 21 heavy (non-hydrogen) atoms. The highest BCUT2D eigenvalue weighted by Gasteiger charge is 2.43. The number of carboxylic acids is 1. The summed E-state index contributed by atoms with van der Waals surface area (Å²) in [7, 11) is 0. The van der Waals surface area contributed by atoms with Gasteiger partial charge in [-0.25, -0.2) is 0 Å². The predicted octanol–water partition coefficient (Wildman–Crippen LogP) is 3.41. The maximum absolute atomic E-state index is 12.3. The Bertz CT molecular complexity index is 573. The van der Waals surface area contributed by atoms with Gasteiger partial charge in [-0.05, 0) is 50.5 Å². The lowest BCUT2D eigenvalue weighted by atomic mass is 9.71. The van der Waals surface area contributed by atoms with E-state index in [0.29, 0.717) is 23.4 Å². The van der Waals surface area contributed by atoms with Crippen molar-refractivity contribution in [1.29, 1.82) is 0 Å². The second-order valence-corrected chi connectivity index (χ2v) is 6.37. The molecule has 4 nitrogen and oxygen atoms in total. The van der Waals surface area contributed by atoms with Gasteiger partial charge in [-0.2, -0.15) is 0 Å². The number of carboxylic acid groups (broad SMARTS) is 1. The van der Waals surface area contributed by atoms with Crippen molar-refractivity contribution in [3.63, 3.8) is 0 Å². The quantitative estimate of drug-likeness (QED) is 0.899. The highest BCUT2D eigenvalue weighted by molar-refractivity contribution is 6.31. The van der Waals surface area contributed by atoms with Gasteiger partial charge in [0.15, 0.2) is 0 Å². The van der Waals surface area contributed by atoms with E-state index in [9.17, 15) is 14.7 Å². The second kappa shape index (κ2) is 6.06. The normalized spacial score (nSPS) is 25.4. The van der Waals surface area contributed by atoms with Gasteiger partial charge in [0, 0.05) is 16.6 Å². The molecule has 0 aliphatic heterocycles. The lowest BCUT2D eigenvalue weighted by molar-refractivity contribution is -0.151. The van der Waals surface area contributed by atoms with Crippen molar-refractivity contribution in [2.45, 2.75) is 45.6 Å². The first-order valence-corrected chi connectivity index (χ1v) is 7.53. The molecule has 114 valence electrons. The van der Waals surface area contributed by atoms with Gasteiger partial charge in [-0.3, -0.25) is 9.59 Å². The Kier molecular flexibility index (Phi) is 4.57. The smallest absolute Gasteiger partial charge is 0.311 e. The Balaban J connectivity index is 2.17. The molecule has 0 aromatic heterocycles. The number of halogens is 1. The van der Waals surface area contributed by atoms with Crippen LogP contribution in [0.5, 0.6) is 0 Å². The summed E-state index contributed by atoms with van der Waals surface area (Å²) in [5, 5.41) is 13.0. The standard InChI is InChI=1S/C16H20ClNO3/c1-10-9-11(6-7-12(10)17)14(19)18-13-5-3-4-8-16(13,2)15(20)21/h6-7,9,13H,3-5,8H2,1-2H3,(H,18,19)(H,20,21). The van der Waals surface area contributed by atoms with E-state index in [0.717, 1.165) is 18.4 Å². The molecule has 2 atom stereocenters. The van der Waals surface area contributed by atoms with Crippen LogP contribution in [-0.2, 0) is 4.79 Å². The third kappa shape index (κ3) is 3.21. The molecule has 0 heterocycles. The number of amides is 1. The van der Waals surface area contributed by atoms with E-state index in [2.05, 4.69) is 5.32 Å². The molecule has 1 aromatic carbocycles. The van der Waals surface area contributed by atoms with E-state index in [1.165, 1.54) is 0 Å². The highest BCUT2D eigenvalue weighted by atomic mass is 35.5. The minimum atomic E-state index is -0.893. The van der Waals surface area contributed by atoms with Gasteiger partial charge >= 0.3 is 5.97 Å². The molecule has 2 unspecified atom stereocenters. The zero-order valence-corrected chi connectivity index (χ0v) is 13.0. The molecular formula is C16H20ClNO3. The lowest BCUT2D eigenvalue weighted by Gasteiger charge is -2.38. The molecule has 1 aliphatic rings. The van der Waals surface area contributed by atoms with Crippen molar-refractivity contribution in [2.24, 2.45) is 5.41 Å². The zero-order chi connectivity index (χ0) is 15.6. The third-order valence-corrected chi connectivity index (χ3v) is 4.85. The zero-order valence-electron chi connectivity index (χ0n) is 12.3. The first kappa shape index (κ1) is 15.8. The first-order chi connectivity index (χ1) is 9.84. The van der Waals surface area contributed by atoms with Gasteiger partial charge in [0.1, 0.15) is 0 Å². The van der Waals surface area contributed by atoms with Crippen LogP contribution in [0, 0.1) is 12.3 Å². The van der Waals surface area contributed by atoms with Gasteiger partial charge < -0.3 is 10.4 Å². The molecule has 1 amide bonds. The van der Waals surface area contributed by atoms with Crippen LogP contribution in [0.3, 0.4) is 0 Å².